The Hall–Kier alpha value is -3.59. The van der Waals surface area contributed by atoms with E-state index in [0.29, 0.717) is 17.7 Å². The highest BCUT2D eigenvalue weighted by Gasteiger charge is 2.12. The molecule has 0 spiro atoms. The second-order valence-electron chi connectivity index (χ2n) is 5.92. The van der Waals surface area contributed by atoms with Gasteiger partial charge in [-0.3, -0.25) is 4.79 Å². The third kappa shape index (κ3) is 4.21. The molecule has 0 aliphatic rings. The summed E-state index contributed by atoms with van der Waals surface area (Å²) in [6.07, 6.45) is 1.75. The molecule has 0 aliphatic carbocycles. The lowest BCUT2D eigenvalue weighted by Crippen LogP contribution is -2.04. The van der Waals surface area contributed by atoms with Crippen LogP contribution in [-0.4, -0.2) is 23.1 Å². The molecule has 0 radical (unpaired) electrons. The first-order valence-corrected chi connectivity index (χ1v) is 8.48. The number of rotatable bonds is 5. The molecule has 0 unspecified atom stereocenters. The summed E-state index contributed by atoms with van der Waals surface area (Å²) in [5.41, 5.74) is 3.45. The molecule has 0 fully saturated rings. The largest absolute Gasteiger partial charge is 0.462 e. The number of aromatic nitrogens is 1. The van der Waals surface area contributed by atoms with Gasteiger partial charge in [-0.1, -0.05) is 19.6 Å². The molecule has 6 nitrogen and oxygen atoms in total. The lowest BCUT2D eigenvalue weighted by Gasteiger charge is -2.08. The fourth-order valence-corrected chi connectivity index (χ4v) is 2.82. The third-order valence-electron chi connectivity index (χ3n) is 4.09. The first-order valence-electron chi connectivity index (χ1n) is 8.48. The van der Waals surface area contributed by atoms with Gasteiger partial charge in [0.25, 0.3) is 0 Å². The van der Waals surface area contributed by atoms with E-state index in [4.69, 9.17) is 9.47 Å². The maximum Gasteiger partial charge on any atom is 0.338 e. The van der Waals surface area contributed by atoms with Crippen molar-refractivity contribution in [1.29, 1.82) is 5.26 Å². The molecule has 3 aromatic rings. The molecular weight excluding hydrogens is 356 g/mol. The van der Waals surface area contributed by atoms with Crippen molar-refractivity contribution in [2.24, 2.45) is 0 Å². The van der Waals surface area contributed by atoms with Gasteiger partial charge in [-0.15, -0.1) is 0 Å². The maximum atomic E-state index is 11.8. The number of fused-ring (bicyclic) bond motifs is 1. The zero-order chi connectivity index (χ0) is 19.4. The summed E-state index contributed by atoms with van der Waals surface area (Å²) in [6, 6.07) is 14.7. The Morgan fingerprint density at radius 2 is 1.82 bits per heavy atom. The average molecular weight is 378 g/mol. The Bertz CT molecular complexity index is 1040. The number of ether oxygens (including phenoxy) is 2. The number of hydrogen-bond donors (Lipinski definition) is 0. The van der Waals surface area contributed by atoms with Crippen molar-refractivity contribution in [3.63, 3.8) is 0 Å². The molecule has 1 aromatic heterocycles. The van der Waals surface area contributed by atoms with Gasteiger partial charge in [0.05, 0.1) is 23.3 Å². The minimum Gasteiger partial charge on any atom is -0.462 e. The van der Waals surface area contributed by atoms with Gasteiger partial charge in [-0.25, -0.2) is 4.79 Å². The van der Waals surface area contributed by atoms with Gasteiger partial charge in [0.1, 0.15) is 12.7 Å². The van der Waals surface area contributed by atoms with Gasteiger partial charge in [-0.2, -0.15) is 5.26 Å². The summed E-state index contributed by atoms with van der Waals surface area (Å²) in [5.74, 6) is -0.722. The zero-order valence-electron chi connectivity index (χ0n) is 15.1. The predicted octanol–water partition coefficient (Wildman–Crippen LogP) is 4.38. The molecule has 3 rings (SSSR count). The molecule has 1 heterocycles. The van der Waals surface area contributed by atoms with Crippen molar-refractivity contribution in [1.82, 2.24) is 4.57 Å². The standard InChI is InChI=1S/C21H18N2O4.CH4/c1-3-26-21(25)16-5-7-18(8-6-16)23-12-17(11-22)19-9-4-15(10-20(19)23)13-27-14(2)24;/h4-10,12H,3,13H2,1-2H3;1H4. The monoisotopic (exact) mass is 378 g/mol. The van der Waals surface area contributed by atoms with Crippen molar-refractivity contribution in [2.75, 3.05) is 6.61 Å². The number of nitrogens with zero attached hydrogens (tertiary/aromatic N) is 2. The molecule has 0 saturated carbocycles. The summed E-state index contributed by atoms with van der Waals surface area (Å²) in [5, 5.41) is 10.2. The molecule has 0 atom stereocenters. The molecule has 0 bridgehead atoms. The van der Waals surface area contributed by atoms with E-state index in [0.717, 1.165) is 22.2 Å². The number of esters is 2. The Kier molecular flexibility index (Phi) is 6.56. The third-order valence-corrected chi connectivity index (χ3v) is 4.09. The van der Waals surface area contributed by atoms with E-state index in [1.54, 1.807) is 37.4 Å². The Balaban J connectivity index is 0.00000280. The van der Waals surface area contributed by atoms with Crippen LogP contribution >= 0.6 is 0 Å². The highest BCUT2D eigenvalue weighted by molar-refractivity contribution is 5.90. The summed E-state index contributed by atoms with van der Waals surface area (Å²) in [7, 11) is 0. The SMILES string of the molecule is C.CCOC(=O)c1ccc(-n2cc(C#N)c3ccc(COC(C)=O)cc32)cc1. The van der Waals surface area contributed by atoms with Gasteiger partial charge in [0, 0.05) is 24.2 Å². The number of carbonyl (C=O) groups excluding carboxylic acids is 2. The lowest BCUT2D eigenvalue weighted by atomic mass is 10.1. The normalized spacial score (nSPS) is 10.0. The smallest absolute Gasteiger partial charge is 0.338 e. The van der Waals surface area contributed by atoms with Gasteiger partial charge in [0.15, 0.2) is 0 Å². The Morgan fingerprint density at radius 1 is 1.11 bits per heavy atom. The first kappa shape index (κ1) is 20.7. The number of benzene rings is 2. The topological polar surface area (TPSA) is 81.3 Å². The molecule has 2 aromatic carbocycles. The number of nitriles is 1. The van der Waals surface area contributed by atoms with Gasteiger partial charge >= 0.3 is 11.9 Å². The van der Waals surface area contributed by atoms with Crippen LogP contribution in [0.3, 0.4) is 0 Å². The quantitative estimate of drug-likeness (QED) is 0.616. The Labute approximate surface area is 163 Å². The highest BCUT2D eigenvalue weighted by Crippen LogP contribution is 2.26. The minimum absolute atomic E-state index is 0. The minimum atomic E-state index is -0.372. The second-order valence-corrected chi connectivity index (χ2v) is 5.92. The van der Waals surface area contributed by atoms with Crippen LogP contribution in [0.2, 0.25) is 0 Å². The van der Waals surface area contributed by atoms with Crippen LogP contribution in [0, 0.1) is 11.3 Å². The van der Waals surface area contributed by atoms with E-state index in [2.05, 4.69) is 6.07 Å². The fourth-order valence-electron chi connectivity index (χ4n) is 2.82. The van der Waals surface area contributed by atoms with Crippen molar-refractivity contribution < 1.29 is 19.1 Å². The second kappa shape index (κ2) is 8.87. The molecular formula is C22H22N2O4. The molecule has 0 N–H and O–H groups in total. The van der Waals surface area contributed by atoms with E-state index in [1.165, 1.54) is 6.92 Å². The van der Waals surface area contributed by atoms with Crippen molar-refractivity contribution in [3.8, 4) is 11.8 Å². The van der Waals surface area contributed by atoms with E-state index in [-0.39, 0.29) is 26.0 Å². The van der Waals surface area contributed by atoms with Gasteiger partial charge in [-0.05, 0) is 42.8 Å². The molecule has 0 aliphatic heterocycles. The van der Waals surface area contributed by atoms with Crippen molar-refractivity contribution in [2.45, 2.75) is 27.9 Å². The number of hydrogen-bond acceptors (Lipinski definition) is 5. The van der Waals surface area contributed by atoms with Gasteiger partial charge < -0.3 is 14.0 Å². The van der Waals surface area contributed by atoms with Crippen molar-refractivity contribution in [3.05, 3.63) is 65.4 Å². The lowest BCUT2D eigenvalue weighted by molar-refractivity contribution is -0.142. The summed E-state index contributed by atoms with van der Waals surface area (Å²) in [6.45, 7) is 3.61. The summed E-state index contributed by atoms with van der Waals surface area (Å²) < 4.78 is 11.9. The molecule has 28 heavy (non-hydrogen) atoms. The van der Waals surface area contributed by atoms with E-state index in [1.807, 2.05) is 22.8 Å². The maximum absolute atomic E-state index is 11.8. The van der Waals surface area contributed by atoms with E-state index < -0.39 is 0 Å². The molecule has 144 valence electrons. The van der Waals surface area contributed by atoms with Crippen LogP contribution in [0.15, 0.2) is 48.7 Å². The fraction of sp³-hybridized carbons (Fsp3) is 0.227. The molecule has 0 amide bonds. The van der Waals surface area contributed by atoms with Crippen LogP contribution in [-0.2, 0) is 20.9 Å². The van der Waals surface area contributed by atoms with E-state index in [9.17, 15) is 14.9 Å². The molecule has 0 saturated heterocycles. The highest BCUT2D eigenvalue weighted by atomic mass is 16.5. The van der Waals surface area contributed by atoms with Crippen LogP contribution in [0.5, 0.6) is 0 Å². The van der Waals surface area contributed by atoms with Crippen molar-refractivity contribution >= 4 is 22.8 Å². The summed E-state index contributed by atoms with van der Waals surface area (Å²) >= 11 is 0. The van der Waals surface area contributed by atoms with E-state index >= 15 is 0 Å². The average Bonchev–Trinajstić information content (AvgIpc) is 3.04. The van der Waals surface area contributed by atoms with Gasteiger partial charge in [0.2, 0.25) is 0 Å². The van der Waals surface area contributed by atoms with Crippen LogP contribution in [0.1, 0.15) is 42.8 Å². The number of carbonyl (C=O) groups is 2. The van der Waals surface area contributed by atoms with Crippen LogP contribution < -0.4 is 0 Å². The van der Waals surface area contributed by atoms with Crippen LogP contribution in [0.4, 0.5) is 0 Å². The molecule has 6 heteroatoms. The first-order chi connectivity index (χ1) is 13.0. The summed E-state index contributed by atoms with van der Waals surface area (Å²) in [4.78, 5) is 22.9. The predicted molar refractivity (Wildman–Crippen MR) is 106 cm³/mol. The Morgan fingerprint density at radius 3 is 2.43 bits per heavy atom. The van der Waals surface area contributed by atoms with Crippen LogP contribution in [0.25, 0.3) is 16.6 Å². The zero-order valence-corrected chi connectivity index (χ0v) is 15.1.